The minimum absolute atomic E-state index is 0.0664. The Morgan fingerprint density at radius 2 is 1.83 bits per heavy atom. The van der Waals surface area contributed by atoms with Crippen LogP contribution in [0.25, 0.3) is 0 Å². The van der Waals surface area contributed by atoms with Crippen molar-refractivity contribution in [2.75, 3.05) is 25.3 Å². The summed E-state index contributed by atoms with van der Waals surface area (Å²) in [6, 6.07) is 6.22. The van der Waals surface area contributed by atoms with Crippen LogP contribution in [0.5, 0.6) is 23.0 Å². The van der Waals surface area contributed by atoms with Gasteiger partial charge in [0.1, 0.15) is 0 Å². The lowest BCUT2D eigenvalue weighted by molar-refractivity contribution is 0.101. The molecule has 0 spiro atoms. The third-order valence-electron chi connectivity index (χ3n) is 4.46. The number of Topliss-reactive ketones (excluding diaryl/α,β-unsaturated/α-hetero) is 1. The van der Waals surface area contributed by atoms with Gasteiger partial charge in [0.2, 0.25) is 6.79 Å². The molecule has 0 saturated heterocycles. The first-order chi connectivity index (χ1) is 14.4. The lowest BCUT2D eigenvalue weighted by Gasteiger charge is -2.16. The van der Waals surface area contributed by atoms with Gasteiger partial charge in [-0.05, 0) is 38.5 Å². The van der Waals surface area contributed by atoms with E-state index in [4.69, 9.17) is 30.5 Å². The summed E-state index contributed by atoms with van der Waals surface area (Å²) in [6.07, 6.45) is 1.86. The van der Waals surface area contributed by atoms with Crippen molar-refractivity contribution in [1.82, 2.24) is 0 Å². The molecule has 1 aliphatic heterocycles. The molecule has 0 unspecified atom stereocenters. The predicted octanol–water partition coefficient (Wildman–Crippen LogP) is 5.10. The third kappa shape index (κ3) is 4.79. The van der Waals surface area contributed by atoms with E-state index in [1.54, 1.807) is 18.2 Å². The maximum absolute atomic E-state index is 12.9. The molecule has 3 rings (SSSR count). The second kappa shape index (κ2) is 9.71. The van der Waals surface area contributed by atoms with Gasteiger partial charge in [0, 0.05) is 17.2 Å². The summed E-state index contributed by atoms with van der Waals surface area (Å²) in [5.41, 5.74) is 0.927. The van der Waals surface area contributed by atoms with Crippen molar-refractivity contribution >= 4 is 29.0 Å². The number of fused-ring (bicyclic) bond motifs is 1. The molecule has 0 saturated carbocycles. The van der Waals surface area contributed by atoms with Crippen LogP contribution >= 0.6 is 11.6 Å². The van der Waals surface area contributed by atoms with Crippen molar-refractivity contribution in [2.45, 2.75) is 33.6 Å². The molecular weight excluding hydrogens is 410 g/mol. The summed E-state index contributed by atoms with van der Waals surface area (Å²) in [5, 5.41) is 3.03. The highest BCUT2D eigenvalue weighted by atomic mass is 35.5. The molecule has 0 atom stereocenters. The molecule has 8 heteroatoms. The maximum Gasteiger partial charge on any atom is 0.255 e. The number of ether oxygens (including phenoxy) is 4. The van der Waals surface area contributed by atoms with Gasteiger partial charge in [0.25, 0.3) is 5.91 Å². The van der Waals surface area contributed by atoms with E-state index in [0.717, 1.165) is 12.8 Å². The van der Waals surface area contributed by atoms with Gasteiger partial charge in [-0.1, -0.05) is 24.9 Å². The Labute approximate surface area is 180 Å². The van der Waals surface area contributed by atoms with Crippen LogP contribution in [0.2, 0.25) is 5.02 Å². The molecular formula is C22H24ClNO6. The fourth-order valence-corrected chi connectivity index (χ4v) is 3.22. The Morgan fingerprint density at radius 3 is 2.50 bits per heavy atom. The second-order valence-corrected chi connectivity index (χ2v) is 7.09. The summed E-state index contributed by atoms with van der Waals surface area (Å²) < 4.78 is 22.0. The van der Waals surface area contributed by atoms with Gasteiger partial charge in [-0.3, -0.25) is 9.59 Å². The van der Waals surface area contributed by atoms with Crippen molar-refractivity contribution in [3.8, 4) is 23.0 Å². The summed E-state index contributed by atoms with van der Waals surface area (Å²) in [5.74, 6) is 1.08. The molecule has 0 radical (unpaired) electrons. The summed E-state index contributed by atoms with van der Waals surface area (Å²) in [7, 11) is 0. The topological polar surface area (TPSA) is 83.1 Å². The predicted molar refractivity (Wildman–Crippen MR) is 114 cm³/mol. The lowest BCUT2D eigenvalue weighted by atomic mass is 10.1. The van der Waals surface area contributed by atoms with E-state index < -0.39 is 5.91 Å². The number of halogens is 1. The minimum Gasteiger partial charge on any atom is -0.490 e. The monoisotopic (exact) mass is 433 g/mol. The highest BCUT2D eigenvalue weighted by molar-refractivity contribution is 6.32. The number of ketones is 1. The fourth-order valence-electron chi connectivity index (χ4n) is 2.95. The largest absolute Gasteiger partial charge is 0.490 e. The minimum atomic E-state index is -0.445. The van der Waals surface area contributed by atoms with Crippen LogP contribution in [0.15, 0.2) is 24.3 Å². The van der Waals surface area contributed by atoms with Crippen LogP contribution in [-0.4, -0.2) is 31.7 Å². The summed E-state index contributed by atoms with van der Waals surface area (Å²) >= 11 is 6.38. The highest BCUT2D eigenvalue weighted by Gasteiger charge is 2.22. The number of carbonyl (C=O) groups is 2. The highest BCUT2D eigenvalue weighted by Crippen LogP contribution is 2.39. The average molecular weight is 434 g/mol. The van der Waals surface area contributed by atoms with Gasteiger partial charge in [0.15, 0.2) is 28.8 Å². The first-order valence-corrected chi connectivity index (χ1v) is 10.2. The first kappa shape index (κ1) is 21.8. The van der Waals surface area contributed by atoms with Crippen molar-refractivity contribution in [3.63, 3.8) is 0 Å². The Kier molecular flexibility index (Phi) is 7.05. The van der Waals surface area contributed by atoms with Crippen molar-refractivity contribution in [2.24, 2.45) is 0 Å². The average Bonchev–Trinajstić information content (AvgIpc) is 3.16. The van der Waals surface area contributed by atoms with E-state index >= 15 is 0 Å². The van der Waals surface area contributed by atoms with Crippen molar-refractivity contribution in [1.29, 1.82) is 0 Å². The van der Waals surface area contributed by atoms with Crippen LogP contribution in [0.3, 0.4) is 0 Å². The number of rotatable bonds is 9. The quantitative estimate of drug-likeness (QED) is 0.437. The molecule has 2 aromatic carbocycles. The van der Waals surface area contributed by atoms with Gasteiger partial charge >= 0.3 is 0 Å². The number of anilines is 1. The third-order valence-corrected chi connectivity index (χ3v) is 4.74. The molecule has 0 fully saturated rings. The van der Waals surface area contributed by atoms with Gasteiger partial charge in [-0.15, -0.1) is 0 Å². The number of hydrogen-bond acceptors (Lipinski definition) is 6. The normalized spacial score (nSPS) is 11.9. The molecule has 0 aliphatic carbocycles. The zero-order valence-electron chi connectivity index (χ0n) is 17.2. The maximum atomic E-state index is 12.9. The van der Waals surface area contributed by atoms with E-state index in [1.807, 2.05) is 6.92 Å². The van der Waals surface area contributed by atoms with E-state index in [-0.39, 0.29) is 23.2 Å². The standard InChI is InChI=1S/C22H24ClNO6/c1-4-6-7-28-21-16(23)8-14(9-20(21)27-5-2)22(26)24-17-11-19-18(29-12-30-19)10-15(17)13(3)25/h8-11H,4-7,12H2,1-3H3,(H,24,26). The van der Waals surface area contributed by atoms with Gasteiger partial charge in [0.05, 0.1) is 23.9 Å². The molecule has 1 aliphatic rings. The molecule has 2 aromatic rings. The van der Waals surface area contributed by atoms with Gasteiger partial charge < -0.3 is 24.3 Å². The number of nitrogens with one attached hydrogen (secondary N) is 1. The Bertz CT molecular complexity index is 959. The fraction of sp³-hybridized carbons (Fsp3) is 0.364. The molecule has 1 amide bonds. The molecule has 160 valence electrons. The Morgan fingerprint density at radius 1 is 1.10 bits per heavy atom. The molecule has 7 nitrogen and oxygen atoms in total. The smallest absolute Gasteiger partial charge is 0.255 e. The summed E-state index contributed by atoms with van der Waals surface area (Å²) in [4.78, 5) is 25.0. The van der Waals surface area contributed by atoms with Crippen LogP contribution in [0.4, 0.5) is 5.69 Å². The molecule has 30 heavy (non-hydrogen) atoms. The number of unbranched alkanes of at least 4 members (excludes halogenated alkanes) is 1. The van der Waals surface area contributed by atoms with E-state index in [9.17, 15) is 9.59 Å². The van der Waals surface area contributed by atoms with E-state index in [1.165, 1.54) is 13.0 Å². The number of hydrogen-bond donors (Lipinski definition) is 1. The summed E-state index contributed by atoms with van der Waals surface area (Å²) in [6.45, 7) is 6.27. The van der Waals surface area contributed by atoms with Crippen LogP contribution in [0, 0.1) is 0 Å². The molecule has 1 N–H and O–H groups in total. The number of amides is 1. The van der Waals surface area contributed by atoms with E-state index in [2.05, 4.69) is 12.2 Å². The van der Waals surface area contributed by atoms with Crippen LogP contribution in [-0.2, 0) is 0 Å². The van der Waals surface area contributed by atoms with Crippen molar-refractivity contribution < 1.29 is 28.5 Å². The van der Waals surface area contributed by atoms with Gasteiger partial charge in [-0.25, -0.2) is 0 Å². The van der Waals surface area contributed by atoms with Crippen LogP contribution in [0.1, 0.15) is 54.3 Å². The van der Waals surface area contributed by atoms with Gasteiger partial charge in [-0.2, -0.15) is 0 Å². The SMILES string of the molecule is CCCCOc1c(Cl)cc(C(=O)Nc2cc3c(cc2C(C)=O)OCO3)cc1OCC. The Balaban J connectivity index is 1.89. The second-order valence-electron chi connectivity index (χ2n) is 6.68. The zero-order valence-corrected chi connectivity index (χ0v) is 17.9. The zero-order chi connectivity index (χ0) is 21.7. The van der Waals surface area contributed by atoms with Crippen molar-refractivity contribution in [3.05, 3.63) is 40.4 Å². The molecule has 0 aromatic heterocycles. The lowest BCUT2D eigenvalue weighted by Crippen LogP contribution is -2.15. The number of benzene rings is 2. The first-order valence-electron chi connectivity index (χ1n) is 9.79. The molecule has 1 heterocycles. The van der Waals surface area contributed by atoms with E-state index in [0.29, 0.717) is 47.5 Å². The molecule has 0 bridgehead atoms. The van der Waals surface area contributed by atoms with Crippen LogP contribution < -0.4 is 24.3 Å². The number of carbonyl (C=O) groups excluding carboxylic acids is 2. The Hall–Kier alpha value is -2.93.